The van der Waals surface area contributed by atoms with Crippen LogP contribution in [0.25, 0.3) is 0 Å². The van der Waals surface area contributed by atoms with E-state index < -0.39 is 10.0 Å². The van der Waals surface area contributed by atoms with Crippen molar-refractivity contribution in [2.24, 2.45) is 0 Å². The topological polar surface area (TPSA) is 98.4 Å². The summed E-state index contributed by atoms with van der Waals surface area (Å²) in [6.45, 7) is 2.71. The molecule has 0 spiro atoms. The molecule has 3 heterocycles. The van der Waals surface area contributed by atoms with Crippen molar-refractivity contribution in [3.63, 3.8) is 0 Å². The Morgan fingerprint density at radius 1 is 1.36 bits per heavy atom. The Kier molecular flexibility index (Phi) is 5.45. The number of fused-ring (bicyclic) bond motifs is 1. The van der Waals surface area contributed by atoms with Crippen molar-refractivity contribution < 1.29 is 13.2 Å². The van der Waals surface area contributed by atoms with E-state index in [0.717, 1.165) is 50.0 Å². The molecule has 2 aliphatic rings. The Hall–Kier alpha value is -1.45. The van der Waals surface area contributed by atoms with E-state index in [4.69, 9.17) is 0 Å². The Morgan fingerprint density at radius 3 is 2.92 bits per heavy atom. The molecule has 1 unspecified atom stereocenters. The molecular weight excluding hydrogens is 342 g/mol. The Balaban J connectivity index is 1.57. The number of aromatic amines is 1. The summed E-state index contributed by atoms with van der Waals surface area (Å²) < 4.78 is 25.4. The van der Waals surface area contributed by atoms with E-state index in [9.17, 15) is 13.2 Å². The van der Waals surface area contributed by atoms with Crippen molar-refractivity contribution >= 4 is 15.9 Å². The van der Waals surface area contributed by atoms with Gasteiger partial charge in [-0.2, -0.15) is 9.40 Å². The second-order valence-corrected chi connectivity index (χ2v) is 9.02. The van der Waals surface area contributed by atoms with Gasteiger partial charge in [-0.15, -0.1) is 0 Å². The number of piperidine rings is 1. The molecule has 2 aliphatic heterocycles. The molecule has 0 aliphatic carbocycles. The highest BCUT2D eigenvalue weighted by atomic mass is 32.2. The fraction of sp³-hybridized carbons (Fsp3) is 0.750. The molecule has 1 aromatic rings. The van der Waals surface area contributed by atoms with Crippen LogP contribution in [0.1, 0.15) is 47.4 Å². The molecule has 1 saturated heterocycles. The Labute approximate surface area is 149 Å². The van der Waals surface area contributed by atoms with E-state index in [0.29, 0.717) is 25.2 Å². The number of likely N-dealkylation sites (N-methyl/N-ethyl adjacent to an activating group) is 1. The van der Waals surface area contributed by atoms with Crippen LogP contribution in [0.5, 0.6) is 0 Å². The Morgan fingerprint density at radius 2 is 2.16 bits per heavy atom. The predicted octanol–water partition coefficient (Wildman–Crippen LogP) is 0.332. The van der Waals surface area contributed by atoms with Gasteiger partial charge in [0.25, 0.3) is 5.91 Å². The molecule has 1 fully saturated rings. The van der Waals surface area contributed by atoms with Crippen molar-refractivity contribution in [1.29, 1.82) is 0 Å². The summed E-state index contributed by atoms with van der Waals surface area (Å²) in [7, 11) is -1.16. The summed E-state index contributed by atoms with van der Waals surface area (Å²) in [6, 6.07) is -0.0247. The molecule has 25 heavy (non-hydrogen) atoms. The summed E-state index contributed by atoms with van der Waals surface area (Å²) in [5, 5.41) is 10.1. The standard InChI is InChI=1S/C16H27N5O3S/c1-20-10-7-14-13(11-20)15(19-18-14)16(22)17-8-6-12-5-3-4-9-21(12)25(2,23)24/h12H,3-11H2,1-2H3,(H,17,22)(H,18,19). The predicted molar refractivity (Wildman–Crippen MR) is 94.8 cm³/mol. The quantitative estimate of drug-likeness (QED) is 0.779. The first-order valence-electron chi connectivity index (χ1n) is 8.86. The summed E-state index contributed by atoms with van der Waals surface area (Å²) in [6.07, 6.45) is 5.55. The van der Waals surface area contributed by atoms with Gasteiger partial charge < -0.3 is 10.2 Å². The maximum Gasteiger partial charge on any atom is 0.272 e. The van der Waals surface area contributed by atoms with Gasteiger partial charge in [-0.05, 0) is 26.3 Å². The number of rotatable bonds is 5. The third kappa shape index (κ3) is 4.21. The number of nitrogens with one attached hydrogen (secondary N) is 2. The van der Waals surface area contributed by atoms with Gasteiger partial charge in [0, 0.05) is 49.9 Å². The fourth-order valence-corrected chi connectivity index (χ4v) is 4.97. The fourth-order valence-electron chi connectivity index (χ4n) is 3.75. The van der Waals surface area contributed by atoms with Gasteiger partial charge in [0.1, 0.15) is 0 Å². The van der Waals surface area contributed by atoms with Crippen molar-refractivity contribution in [1.82, 2.24) is 24.7 Å². The molecule has 1 aromatic heterocycles. The number of hydrogen-bond donors (Lipinski definition) is 2. The number of carbonyl (C=O) groups is 1. The molecule has 2 N–H and O–H groups in total. The lowest BCUT2D eigenvalue weighted by molar-refractivity contribution is 0.0942. The van der Waals surface area contributed by atoms with Crippen molar-refractivity contribution in [3.05, 3.63) is 17.0 Å². The molecule has 0 saturated carbocycles. The highest BCUT2D eigenvalue weighted by molar-refractivity contribution is 7.88. The number of hydrogen-bond acceptors (Lipinski definition) is 5. The second-order valence-electron chi connectivity index (χ2n) is 7.08. The summed E-state index contributed by atoms with van der Waals surface area (Å²) in [5.74, 6) is -0.186. The third-order valence-electron chi connectivity index (χ3n) is 5.10. The van der Waals surface area contributed by atoms with Crippen molar-refractivity contribution in [2.45, 2.75) is 44.7 Å². The molecule has 0 radical (unpaired) electrons. The zero-order valence-electron chi connectivity index (χ0n) is 14.9. The molecule has 3 rings (SSSR count). The largest absolute Gasteiger partial charge is 0.351 e. The smallest absolute Gasteiger partial charge is 0.272 e. The SMILES string of the molecule is CN1CCc2[nH]nc(C(=O)NCCC3CCCCN3S(C)(=O)=O)c2C1. The van der Waals surface area contributed by atoms with Gasteiger partial charge in [-0.3, -0.25) is 9.89 Å². The lowest BCUT2D eigenvalue weighted by Gasteiger charge is -2.33. The highest BCUT2D eigenvalue weighted by Gasteiger charge is 2.29. The van der Waals surface area contributed by atoms with Crippen molar-refractivity contribution in [2.75, 3.05) is 32.9 Å². The van der Waals surface area contributed by atoms with Crippen LogP contribution in [0, 0.1) is 0 Å². The van der Waals surface area contributed by atoms with Crippen LogP contribution in [0.3, 0.4) is 0 Å². The molecule has 140 valence electrons. The molecule has 1 amide bonds. The van der Waals surface area contributed by atoms with Crippen LogP contribution in [-0.4, -0.2) is 72.7 Å². The number of H-pyrrole nitrogens is 1. The normalized spacial score (nSPS) is 22.6. The minimum Gasteiger partial charge on any atom is -0.351 e. The molecule has 9 heteroatoms. The van der Waals surface area contributed by atoms with E-state index >= 15 is 0 Å². The molecule has 0 aromatic carbocycles. The average molecular weight is 369 g/mol. The lowest BCUT2D eigenvalue weighted by Crippen LogP contribution is -2.44. The van der Waals surface area contributed by atoms with Gasteiger partial charge in [-0.1, -0.05) is 6.42 Å². The van der Waals surface area contributed by atoms with E-state index in [1.807, 2.05) is 7.05 Å². The van der Waals surface area contributed by atoms with Gasteiger partial charge in [-0.25, -0.2) is 8.42 Å². The van der Waals surface area contributed by atoms with Crippen LogP contribution < -0.4 is 5.32 Å². The first-order chi connectivity index (χ1) is 11.9. The zero-order valence-corrected chi connectivity index (χ0v) is 15.7. The number of nitrogens with zero attached hydrogens (tertiary/aromatic N) is 3. The first kappa shape index (κ1) is 18.3. The van der Waals surface area contributed by atoms with Gasteiger partial charge in [0.05, 0.1) is 6.26 Å². The van der Waals surface area contributed by atoms with Crippen LogP contribution >= 0.6 is 0 Å². The van der Waals surface area contributed by atoms with E-state index in [2.05, 4.69) is 20.4 Å². The minimum atomic E-state index is -3.19. The first-order valence-corrected chi connectivity index (χ1v) is 10.7. The lowest BCUT2D eigenvalue weighted by atomic mass is 10.0. The maximum atomic E-state index is 12.5. The minimum absolute atomic E-state index is 0.0247. The van der Waals surface area contributed by atoms with Gasteiger partial charge >= 0.3 is 0 Å². The molecule has 0 bridgehead atoms. The maximum absolute atomic E-state index is 12.5. The van der Waals surface area contributed by atoms with E-state index in [1.54, 1.807) is 4.31 Å². The molecular formula is C16H27N5O3S. The monoisotopic (exact) mass is 369 g/mol. The van der Waals surface area contributed by atoms with E-state index in [-0.39, 0.29) is 11.9 Å². The van der Waals surface area contributed by atoms with Crippen LogP contribution in [0.2, 0.25) is 0 Å². The second kappa shape index (κ2) is 7.43. The number of amides is 1. The van der Waals surface area contributed by atoms with Crippen LogP contribution in [-0.2, 0) is 23.0 Å². The van der Waals surface area contributed by atoms with Gasteiger partial charge in [0.15, 0.2) is 5.69 Å². The zero-order chi connectivity index (χ0) is 18.0. The number of sulfonamides is 1. The Bertz CT molecular complexity index is 730. The summed E-state index contributed by atoms with van der Waals surface area (Å²) in [4.78, 5) is 14.6. The summed E-state index contributed by atoms with van der Waals surface area (Å²) >= 11 is 0. The molecule has 8 nitrogen and oxygen atoms in total. The average Bonchev–Trinajstić information content (AvgIpc) is 2.97. The number of aromatic nitrogens is 2. The van der Waals surface area contributed by atoms with Crippen molar-refractivity contribution in [3.8, 4) is 0 Å². The van der Waals surface area contributed by atoms with Crippen LogP contribution in [0.15, 0.2) is 0 Å². The highest BCUT2D eigenvalue weighted by Crippen LogP contribution is 2.22. The summed E-state index contributed by atoms with van der Waals surface area (Å²) in [5.41, 5.74) is 2.48. The molecule has 1 atom stereocenters. The number of carbonyl (C=O) groups excluding carboxylic acids is 1. The third-order valence-corrected chi connectivity index (χ3v) is 6.43. The van der Waals surface area contributed by atoms with Crippen LogP contribution in [0.4, 0.5) is 0 Å². The van der Waals surface area contributed by atoms with E-state index in [1.165, 1.54) is 6.26 Å². The van der Waals surface area contributed by atoms with Gasteiger partial charge in [0.2, 0.25) is 10.0 Å².